The van der Waals surface area contributed by atoms with Gasteiger partial charge in [-0.3, -0.25) is 19.9 Å². The number of carboxylic acids is 1. The van der Waals surface area contributed by atoms with Gasteiger partial charge in [0.25, 0.3) is 0 Å². The van der Waals surface area contributed by atoms with Gasteiger partial charge < -0.3 is 36.4 Å². The number of phenolic OH excluding ortho intramolecular Hbond substituents is 1. The number of aliphatic hydroxyl groups excluding tert-OH is 2. The molecule has 0 radical (unpaired) electrons. The number of hydrogen-bond acceptors (Lipinski definition) is 9. The van der Waals surface area contributed by atoms with Gasteiger partial charge in [-0.05, 0) is 18.1 Å². The molecule has 3 unspecified atom stereocenters. The van der Waals surface area contributed by atoms with E-state index in [9.17, 15) is 24.9 Å². The number of phenols is 1. The minimum absolute atomic E-state index is 0.00634. The van der Waals surface area contributed by atoms with E-state index in [1.807, 2.05) is 0 Å². The van der Waals surface area contributed by atoms with E-state index in [1.165, 1.54) is 12.1 Å². The Morgan fingerprint density at radius 1 is 1.30 bits per heavy atom. The Balaban J connectivity index is 1.90. The van der Waals surface area contributed by atoms with Crippen LogP contribution in [0.25, 0.3) is 0 Å². The van der Waals surface area contributed by atoms with E-state index >= 15 is 0 Å². The Labute approximate surface area is 174 Å². The molecule has 0 spiro atoms. The molecule has 0 saturated heterocycles. The van der Waals surface area contributed by atoms with E-state index in [4.69, 9.17) is 5.11 Å². The first-order valence-electron chi connectivity index (χ1n) is 9.64. The first-order chi connectivity index (χ1) is 14.2. The van der Waals surface area contributed by atoms with Crippen LogP contribution in [0.15, 0.2) is 23.2 Å². The molecule has 0 saturated carbocycles. The van der Waals surface area contributed by atoms with E-state index in [1.54, 1.807) is 19.9 Å². The summed E-state index contributed by atoms with van der Waals surface area (Å²) in [5.74, 6) is -1.94. The van der Waals surface area contributed by atoms with Crippen LogP contribution < -0.4 is 21.3 Å². The Bertz CT molecular complexity index is 785. The summed E-state index contributed by atoms with van der Waals surface area (Å²) in [5.41, 5.74) is 0.770. The summed E-state index contributed by atoms with van der Waals surface area (Å²) in [7, 11) is 0. The first kappa shape index (κ1) is 23.4. The number of β-amino-alcohol motifs (C(OH)–C–C–N with tert-alkyl or cyclic N) is 1. The molecule has 8 N–H and O–H groups in total. The number of guanidine groups is 1. The number of benzene rings is 1. The summed E-state index contributed by atoms with van der Waals surface area (Å²) in [4.78, 5) is 27.3. The predicted octanol–water partition coefficient (Wildman–Crippen LogP) is -0.822. The molecular weight excluding hydrogens is 394 g/mol. The lowest BCUT2D eigenvalue weighted by atomic mass is 9.96. The van der Waals surface area contributed by atoms with Gasteiger partial charge in [0, 0.05) is 30.4 Å². The summed E-state index contributed by atoms with van der Waals surface area (Å²) in [6.45, 7) is 3.87. The molecule has 0 aliphatic carbocycles. The van der Waals surface area contributed by atoms with Crippen molar-refractivity contribution in [2.24, 2.45) is 16.8 Å². The van der Waals surface area contributed by atoms with Crippen molar-refractivity contribution in [3.63, 3.8) is 0 Å². The zero-order valence-electron chi connectivity index (χ0n) is 16.9. The number of carboxylic acid groups (broad SMARTS) is 1. The summed E-state index contributed by atoms with van der Waals surface area (Å²) in [6.07, 6.45) is -1.80. The van der Waals surface area contributed by atoms with E-state index in [0.29, 0.717) is 23.8 Å². The highest BCUT2D eigenvalue weighted by Gasteiger charge is 2.22. The van der Waals surface area contributed by atoms with Crippen LogP contribution in [0.4, 0.5) is 5.69 Å². The van der Waals surface area contributed by atoms with Crippen LogP contribution in [0, 0.1) is 11.8 Å². The Morgan fingerprint density at radius 3 is 2.63 bits per heavy atom. The average molecular weight is 423 g/mol. The Kier molecular flexibility index (Phi) is 8.39. The predicted molar refractivity (Wildman–Crippen MR) is 110 cm³/mol. The van der Waals surface area contributed by atoms with Gasteiger partial charge in [-0.2, -0.15) is 0 Å². The highest BCUT2D eigenvalue weighted by molar-refractivity contribution is 5.94. The van der Waals surface area contributed by atoms with Gasteiger partial charge in [-0.15, -0.1) is 0 Å². The second-order valence-corrected chi connectivity index (χ2v) is 7.44. The molecule has 1 heterocycles. The van der Waals surface area contributed by atoms with Crippen LogP contribution in [-0.2, 0) is 9.59 Å². The highest BCUT2D eigenvalue weighted by Crippen LogP contribution is 2.23. The summed E-state index contributed by atoms with van der Waals surface area (Å²) < 4.78 is 0. The van der Waals surface area contributed by atoms with Crippen LogP contribution in [0.3, 0.4) is 0 Å². The number of nitrogens with zero attached hydrogens (tertiary/aromatic N) is 1. The molecular formula is C19H29N5O6. The van der Waals surface area contributed by atoms with Crippen molar-refractivity contribution in [2.45, 2.75) is 26.2 Å². The monoisotopic (exact) mass is 423 g/mol. The van der Waals surface area contributed by atoms with Crippen molar-refractivity contribution in [1.82, 2.24) is 16.0 Å². The Hall–Kier alpha value is -2.89. The Morgan fingerprint density at radius 2 is 2.03 bits per heavy atom. The molecule has 0 bridgehead atoms. The maximum absolute atomic E-state index is 12.0. The number of nitrogens with one attached hydrogen (secondary N) is 4. The van der Waals surface area contributed by atoms with Crippen molar-refractivity contribution in [1.29, 1.82) is 0 Å². The van der Waals surface area contributed by atoms with Crippen LogP contribution in [0.1, 0.15) is 25.6 Å². The van der Waals surface area contributed by atoms with Gasteiger partial charge in [-0.1, -0.05) is 13.8 Å². The van der Waals surface area contributed by atoms with E-state index in [2.05, 4.69) is 26.3 Å². The fourth-order valence-electron chi connectivity index (χ4n) is 2.82. The zero-order chi connectivity index (χ0) is 22.3. The maximum Gasteiger partial charge on any atom is 0.308 e. The number of hydrogen-bond donors (Lipinski definition) is 8. The topological polar surface area (TPSA) is 176 Å². The average Bonchev–Trinajstić information content (AvgIpc) is 2.67. The van der Waals surface area contributed by atoms with E-state index in [0.717, 1.165) is 0 Å². The molecule has 0 fully saturated rings. The molecule has 166 valence electrons. The smallest absolute Gasteiger partial charge is 0.308 e. The fraction of sp³-hybridized carbons (Fsp3) is 0.526. The standard InChI is InChI=1S/C19H29N5O6/c1-10(2)15(18(29)30)8-20-16(27)9-21-17(28)11-3-12(5-13(25)4-11)24-19-22-6-14(26)7-23-19/h3-5,10,14-15,17,21,25-26,28H,6-9H2,1-2H3,(H,20,27)(H,29,30)(H2,22,23,24). The third kappa shape index (κ3) is 7.17. The second-order valence-electron chi connectivity index (χ2n) is 7.44. The van der Waals surface area contributed by atoms with Crippen molar-refractivity contribution >= 4 is 23.5 Å². The van der Waals surface area contributed by atoms with Gasteiger partial charge in [0.1, 0.15) is 12.0 Å². The number of aliphatic hydroxyl groups is 2. The van der Waals surface area contributed by atoms with Gasteiger partial charge >= 0.3 is 5.97 Å². The minimum atomic E-state index is -1.24. The number of aliphatic imine (C=N–C) groups is 1. The number of rotatable bonds is 9. The zero-order valence-corrected chi connectivity index (χ0v) is 16.9. The van der Waals surface area contributed by atoms with E-state index < -0.39 is 30.1 Å². The van der Waals surface area contributed by atoms with Crippen molar-refractivity contribution in [3.8, 4) is 5.75 Å². The second kappa shape index (κ2) is 10.8. The number of aliphatic carboxylic acids is 1. The molecule has 11 heteroatoms. The maximum atomic E-state index is 12.0. The summed E-state index contributed by atoms with van der Waals surface area (Å²) in [5, 5.41) is 49.8. The van der Waals surface area contributed by atoms with Crippen molar-refractivity contribution in [3.05, 3.63) is 23.8 Å². The molecule has 11 nitrogen and oxygen atoms in total. The molecule has 1 aliphatic heterocycles. The molecule has 1 aromatic carbocycles. The van der Waals surface area contributed by atoms with E-state index in [-0.39, 0.29) is 31.3 Å². The molecule has 0 aromatic heterocycles. The quantitative estimate of drug-likeness (QED) is 0.236. The molecule has 1 aliphatic rings. The fourth-order valence-corrected chi connectivity index (χ4v) is 2.82. The lowest BCUT2D eigenvalue weighted by Gasteiger charge is -2.21. The van der Waals surface area contributed by atoms with Gasteiger partial charge in [0.15, 0.2) is 5.96 Å². The number of carbonyl (C=O) groups excluding carboxylic acids is 1. The first-order valence-corrected chi connectivity index (χ1v) is 9.64. The van der Waals surface area contributed by atoms with Gasteiger partial charge in [-0.25, -0.2) is 0 Å². The SMILES string of the molecule is CC(C)C(CNC(=O)CNC(O)c1cc(O)cc(NC2=NCC(O)CN2)c1)C(=O)O. The molecule has 30 heavy (non-hydrogen) atoms. The number of anilines is 1. The van der Waals surface area contributed by atoms with Gasteiger partial charge in [0.2, 0.25) is 5.91 Å². The van der Waals surface area contributed by atoms with Crippen LogP contribution >= 0.6 is 0 Å². The molecule has 3 atom stereocenters. The van der Waals surface area contributed by atoms with Gasteiger partial charge in [0.05, 0.1) is 25.1 Å². The molecule has 2 rings (SSSR count). The van der Waals surface area contributed by atoms with Crippen LogP contribution in [-0.4, -0.2) is 70.5 Å². The molecule has 1 amide bonds. The van der Waals surface area contributed by atoms with Crippen molar-refractivity contribution < 1.29 is 30.0 Å². The molecule has 1 aromatic rings. The normalized spacial score (nSPS) is 18.2. The third-order valence-corrected chi connectivity index (χ3v) is 4.58. The number of amides is 1. The summed E-state index contributed by atoms with van der Waals surface area (Å²) >= 11 is 0. The van der Waals surface area contributed by atoms with Crippen molar-refractivity contribution in [2.75, 3.05) is 31.5 Å². The number of carbonyl (C=O) groups is 2. The summed E-state index contributed by atoms with van der Waals surface area (Å²) in [6, 6.07) is 4.36. The largest absolute Gasteiger partial charge is 0.508 e. The lowest BCUT2D eigenvalue weighted by Crippen LogP contribution is -2.42. The lowest BCUT2D eigenvalue weighted by molar-refractivity contribution is -0.143. The highest BCUT2D eigenvalue weighted by atomic mass is 16.4. The van der Waals surface area contributed by atoms with Crippen LogP contribution in [0.5, 0.6) is 5.75 Å². The third-order valence-electron chi connectivity index (χ3n) is 4.58. The minimum Gasteiger partial charge on any atom is -0.508 e. The van der Waals surface area contributed by atoms with Crippen LogP contribution in [0.2, 0.25) is 0 Å². The number of aromatic hydroxyl groups is 1.